The topological polar surface area (TPSA) is 86.8 Å². The normalized spacial score (nSPS) is 19.0. The van der Waals surface area contributed by atoms with Gasteiger partial charge in [0, 0.05) is 31.4 Å². The van der Waals surface area contributed by atoms with E-state index >= 15 is 0 Å². The maximum Gasteiger partial charge on any atom is 0.352 e. The number of hydrogen-bond acceptors (Lipinski definition) is 7. The molecule has 1 fully saturated rings. The zero-order valence-electron chi connectivity index (χ0n) is 19.7. The Morgan fingerprint density at radius 1 is 1.09 bits per heavy atom. The summed E-state index contributed by atoms with van der Waals surface area (Å²) in [6, 6.07) is 4.68. The Bertz CT molecular complexity index is 1440. The number of rotatable bonds is 6. The lowest BCUT2D eigenvalue weighted by atomic mass is 10.1. The van der Waals surface area contributed by atoms with E-state index in [-0.39, 0.29) is 36.7 Å². The molecule has 35 heavy (non-hydrogen) atoms. The highest BCUT2D eigenvalue weighted by molar-refractivity contribution is 5.89. The number of hydrogen-bond donors (Lipinski definition) is 0. The van der Waals surface area contributed by atoms with E-state index in [9.17, 15) is 13.6 Å². The first kappa shape index (κ1) is 23.3. The molecule has 0 N–H and O–H groups in total. The van der Waals surface area contributed by atoms with Crippen molar-refractivity contribution in [3.05, 3.63) is 64.0 Å². The first-order valence-corrected chi connectivity index (χ1v) is 11.5. The minimum absolute atomic E-state index is 0.00372. The molecular formula is C24H26F2N6O3. The SMILES string of the molecule is CCOc1ccc(Cn2c(=O)n3ncnc3c3cc(CN4C[C@@H](C)O[C@@H](C)C4)cnc32)c(F)c1F. The summed E-state index contributed by atoms with van der Waals surface area (Å²) < 4.78 is 42.6. The summed E-state index contributed by atoms with van der Waals surface area (Å²) in [5.41, 5.74) is 1.06. The van der Waals surface area contributed by atoms with Gasteiger partial charge < -0.3 is 9.47 Å². The van der Waals surface area contributed by atoms with Gasteiger partial charge in [0.05, 0.1) is 30.7 Å². The minimum atomic E-state index is -1.09. The van der Waals surface area contributed by atoms with Crippen LogP contribution in [0.4, 0.5) is 8.78 Å². The van der Waals surface area contributed by atoms with Gasteiger partial charge in [-0.25, -0.2) is 19.2 Å². The summed E-state index contributed by atoms with van der Waals surface area (Å²) in [6.07, 6.45) is 3.25. The molecule has 0 spiro atoms. The molecular weight excluding hydrogens is 458 g/mol. The van der Waals surface area contributed by atoms with Gasteiger partial charge in [-0.05, 0) is 38.5 Å². The number of halogens is 2. The van der Waals surface area contributed by atoms with Crippen molar-refractivity contribution in [1.82, 2.24) is 29.0 Å². The highest BCUT2D eigenvalue weighted by Gasteiger charge is 2.23. The van der Waals surface area contributed by atoms with E-state index in [0.29, 0.717) is 23.2 Å². The molecule has 9 nitrogen and oxygen atoms in total. The van der Waals surface area contributed by atoms with Crippen molar-refractivity contribution in [1.29, 1.82) is 0 Å². The van der Waals surface area contributed by atoms with Crippen LogP contribution in [0.2, 0.25) is 0 Å². The third kappa shape index (κ3) is 4.37. The lowest BCUT2D eigenvalue weighted by molar-refractivity contribution is -0.0705. The number of pyridine rings is 1. The van der Waals surface area contributed by atoms with E-state index in [1.807, 2.05) is 19.9 Å². The van der Waals surface area contributed by atoms with Gasteiger partial charge in [0.1, 0.15) is 12.0 Å². The monoisotopic (exact) mass is 484 g/mol. The van der Waals surface area contributed by atoms with Crippen molar-refractivity contribution in [2.24, 2.45) is 0 Å². The fourth-order valence-electron chi connectivity index (χ4n) is 4.68. The average molecular weight is 485 g/mol. The van der Waals surface area contributed by atoms with Crippen LogP contribution in [0.25, 0.3) is 16.7 Å². The number of morpholine rings is 1. The Morgan fingerprint density at radius 3 is 2.60 bits per heavy atom. The summed E-state index contributed by atoms with van der Waals surface area (Å²) >= 11 is 0. The Labute approximate surface area is 199 Å². The van der Waals surface area contributed by atoms with E-state index in [1.165, 1.54) is 23.0 Å². The van der Waals surface area contributed by atoms with Crippen molar-refractivity contribution in [2.75, 3.05) is 19.7 Å². The number of benzene rings is 1. The molecule has 0 aliphatic carbocycles. The van der Waals surface area contributed by atoms with Crippen LogP contribution in [0, 0.1) is 11.6 Å². The van der Waals surface area contributed by atoms with Crippen LogP contribution in [0.3, 0.4) is 0 Å². The second kappa shape index (κ2) is 9.31. The van der Waals surface area contributed by atoms with Crippen LogP contribution in [0.5, 0.6) is 5.75 Å². The van der Waals surface area contributed by atoms with Crippen molar-refractivity contribution in [3.63, 3.8) is 0 Å². The predicted octanol–water partition coefficient (Wildman–Crippen LogP) is 2.77. The Kier molecular flexibility index (Phi) is 6.20. The predicted molar refractivity (Wildman–Crippen MR) is 124 cm³/mol. The molecule has 3 aromatic heterocycles. The lowest BCUT2D eigenvalue weighted by Crippen LogP contribution is -2.44. The van der Waals surface area contributed by atoms with Crippen LogP contribution in [0.1, 0.15) is 31.9 Å². The Morgan fingerprint density at radius 2 is 1.86 bits per heavy atom. The maximum atomic E-state index is 14.8. The van der Waals surface area contributed by atoms with Gasteiger partial charge in [0.25, 0.3) is 0 Å². The zero-order valence-corrected chi connectivity index (χ0v) is 19.7. The molecule has 0 bridgehead atoms. The summed E-state index contributed by atoms with van der Waals surface area (Å²) in [6.45, 7) is 7.99. The van der Waals surface area contributed by atoms with Gasteiger partial charge in [-0.2, -0.15) is 14.0 Å². The second-order valence-electron chi connectivity index (χ2n) is 8.81. The van der Waals surface area contributed by atoms with Gasteiger partial charge in [-0.3, -0.25) is 9.47 Å². The number of nitrogens with zero attached hydrogens (tertiary/aromatic N) is 6. The van der Waals surface area contributed by atoms with E-state index < -0.39 is 17.3 Å². The highest BCUT2D eigenvalue weighted by atomic mass is 19.2. The molecule has 1 aliphatic rings. The first-order valence-electron chi connectivity index (χ1n) is 11.5. The fourth-order valence-corrected chi connectivity index (χ4v) is 4.68. The lowest BCUT2D eigenvalue weighted by Gasteiger charge is -2.35. The third-order valence-electron chi connectivity index (χ3n) is 6.04. The zero-order chi connectivity index (χ0) is 24.7. The van der Waals surface area contributed by atoms with E-state index in [1.54, 1.807) is 13.1 Å². The number of fused-ring (bicyclic) bond motifs is 3. The molecule has 5 rings (SSSR count). The maximum absolute atomic E-state index is 14.8. The highest BCUT2D eigenvalue weighted by Crippen LogP contribution is 2.25. The standard InChI is InChI=1S/C24H26F2N6O3/c1-4-34-19-6-5-17(20(25)21(19)26)12-31-22-18(23-28-13-29-32(23)24(31)33)7-16(8-27-22)11-30-9-14(2)35-15(3)10-30/h5-8,13-15H,4,9-12H2,1-3H3/t14-,15+. The van der Waals surface area contributed by atoms with Crippen LogP contribution in [-0.4, -0.2) is 61.0 Å². The van der Waals surface area contributed by atoms with Crippen molar-refractivity contribution >= 4 is 16.7 Å². The molecule has 1 aromatic carbocycles. The van der Waals surface area contributed by atoms with Crippen molar-refractivity contribution in [3.8, 4) is 5.75 Å². The minimum Gasteiger partial charge on any atom is -0.491 e. The number of aromatic nitrogens is 5. The molecule has 11 heteroatoms. The van der Waals surface area contributed by atoms with Crippen LogP contribution < -0.4 is 10.4 Å². The average Bonchev–Trinajstić information content (AvgIpc) is 3.31. The van der Waals surface area contributed by atoms with Gasteiger partial charge >= 0.3 is 5.69 Å². The molecule has 0 saturated carbocycles. The van der Waals surface area contributed by atoms with Crippen molar-refractivity contribution < 1.29 is 18.3 Å². The molecule has 0 unspecified atom stereocenters. The molecule has 0 radical (unpaired) electrons. The van der Waals surface area contributed by atoms with Crippen LogP contribution in [0.15, 0.2) is 35.5 Å². The molecule has 1 saturated heterocycles. The number of ether oxygens (including phenoxy) is 2. The molecule has 4 aromatic rings. The largest absolute Gasteiger partial charge is 0.491 e. The molecule has 184 valence electrons. The third-order valence-corrected chi connectivity index (χ3v) is 6.04. The van der Waals surface area contributed by atoms with Gasteiger partial charge in [0.15, 0.2) is 17.2 Å². The van der Waals surface area contributed by atoms with E-state index in [2.05, 4.69) is 20.0 Å². The smallest absolute Gasteiger partial charge is 0.352 e. The molecule has 4 heterocycles. The van der Waals surface area contributed by atoms with Crippen molar-refractivity contribution in [2.45, 2.75) is 46.1 Å². The van der Waals surface area contributed by atoms with E-state index in [0.717, 1.165) is 23.2 Å². The molecule has 0 amide bonds. The van der Waals surface area contributed by atoms with Gasteiger partial charge in [-0.1, -0.05) is 6.07 Å². The van der Waals surface area contributed by atoms with Gasteiger partial charge in [0.2, 0.25) is 5.82 Å². The summed E-state index contributed by atoms with van der Waals surface area (Å²) in [4.78, 5) is 24.3. The molecule has 2 atom stereocenters. The Hall–Kier alpha value is -3.44. The summed E-state index contributed by atoms with van der Waals surface area (Å²) in [5, 5.41) is 4.64. The fraction of sp³-hybridized carbons (Fsp3) is 0.417. The van der Waals surface area contributed by atoms with Crippen LogP contribution in [-0.2, 0) is 17.8 Å². The quantitative estimate of drug-likeness (QED) is 0.416. The summed E-state index contributed by atoms with van der Waals surface area (Å²) in [7, 11) is 0. The van der Waals surface area contributed by atoms with Gasteiger partial charge in [-0.15, -0.1) is 0 Å². The second-order valence-corrected chi connectivity index (χ2v) is 8.81. The Balaban J connectivity index is 1.56. The summed E-state index contributed by atoms with van der Waals surface area (Å²) in [5.74, 6) is -2.33. The van der Waals surface area contributed by atoms with Crippen LogP contribution >= 0.6 is 0 Å². The first-order chi connectivity index (χ1) is 16.9. The van der Waals surface area contributed by atoms with E-state index in [4.69, 9.17) is 9.47 Å². The molecule has 1 aliphatic heterocycles.